The lowest BCUT2D eigenvalue weighted by atomic mass is 9.91. The van der Waals surface area contributed by atoms with Crippen molar-refractivity contribution in [1.29, 1.82) is 0 Å². The molecule has 2 atom stereocenters. The monoisotopic (exact) mass is 347 g/mol. The second-order valence-electron chi connectivity index (χ2n) is 6.94. The Morgan fingerprint density at radius 2 is 1.81 bits per heavy atom. The molecular formula is C22H25N3O. The summed E-state index contributed by atoms with van der Waals surface area (Å²) < 4.78 is 8.13. The average Bonchev–Trinajstić information content (AvgIpc) is 3.07. The molecule has 0 saturated heterocycles. The van der Waals surface area contributed by atoms with Gasteiger partial charge in [0.1, 0.15) is 18.1 Å². The van der Waals surface area contributed by atoms with E-state index in [0.29, 0.717) is 6.61 Å². The number of benzene rings is 2. The molecule has 0 spiro atoms. The van der Waals surface area contributed by atoms with Crippen molar-refractivity contribution in [1.82, 2.24) is 9.78 Å². The van der Waals surface area contributed by atoms with Crippen molar-refractivity contribution in [2.45, 2.75) is 44.9 Å². The molecule has 2 aromatic carbocycles. The van der Waals surface area contributed by atoms with Crippen molar-refractivity contribution in [2.75, 3.05) is 0 Å². The summed E-state index contributed by atoms with van der Waals surface area (Å²) in [5.74, 6) is 0.858. The highest BCUT2D eigenvalue weighted by Gasteiger charge is 2.28. The summed E-state index contributed by atoms with van der Waals surface area (Å²) in [6.45, 7) is 2.65. The average molecular weight is 347 g/mol. The third-order valence-corrected chi connectivity index (χ3v) is 5.19. The van der Waals surface area contributed by atoms with Crippen LogP contribution in [0.25, 0.3) is 0 Å². The van der Waals surface area contributed by atoms with Gasteiger partial charge in [0, 0.05) is 17.3 Å². The Morgan fingerprint density at radius 3 is 2.54 bits per heavy atom. The maximum absolute atomic E-state index is 6.46. The minimum Gasteiger partial charge on any atom is -0.487 e. The Kier molecular flexibility index (Phi) is 4.76. The molecule has 0 bridgehead atoms. The topological polar surface area (TPSA) is 53.1 Å². The fraction of sp³-hybridized carbons (Fsp3) is 0.318. The number of para-hydroxylation sites is 1. The van der Waals surface area contributed by atoms with Crippen LogP contribution >= 0.6 is 0 Å². The molecule has 0 radical (unpaired) electrons. The Labute approximate surface area is 154 Å². The summed E-state index contributed by atoms with van der Waals surface area (Å²) >= 11 is 0. The molecule has 2 unspecified atom stereocenters. The number of fused-ring (bicyclic) bond motifs is 1. The van der Waals surface area contributed by atoms with Crippen LogP contribution in [0.15, 0.2) is 60.7 Å². The zero-order chi connectivity index (χ0) is 17.9. The molecule has 134 valence electrons. The van der Waals surface area contributed by atoms with Crippen LogP contribution in [-0.4, -0.2) is 9.78 Å². The lowest BCUT2D eigenvalue weighted by Crippen LogP contribution is -2.20. The van der Waals surface area contributed by atoms with Crippen LogP contribution in [-0.2, 0) is 13.0 Å². The lowest BCUT2D eigenvalue weighted by Gasteiger charge is -2.23. The summed E-state index contributed by atoms with van der Waals surface area (Å²) in [4.78, 5) is 0. The van der Waals surface area contributed by atoms with E-state index in [1.165, 1.54) is 16.8 Å². The number of hydrogen-bond acceptors (Lipinski definition) is 3. The molecule has 26 heavy (non-hydrogen) atoms. The van der Waals surface area contributed by atoms with Crippen molar-refractivity contribution in [3.63, 3.8) is 0 Å². The van der Waals surface area contributed by atoms with E-state index < -0.39 is 0 Å². The van der Waals surface area contributed by atoms with Crippen molar-refractivity contribution in [3.8, 4) is 5.75 Å². The Morgan fingerprint density at radius 1 is 1.12 bits per heavy atom. The molecule has 1 aromatic heterocycles. The van der Waals surface area contributed by atoms with E-state index in [0.717, 1.165) is 30.7 Å². The van der Waals surface area contributed by atoms with E-state index in [1.807, 2.05) is 36.4 Å². The first-order valence-electron chi connectivity index (χ1n) is 9.32. The molecule has 0 amide bonds. The van der Waals surface area contributed by atoms with Gasteiger partial charge < -0.3 is 10.5 Å². The normalized spacial score (nSPS) is 17.5. The van der Waals surface area contributed by atoms with Gasteiger partial charge >= 0.3 is 0 Å². The zero-order valence-electron chi connectivity index (χ0n) is 15.1. The first-order chi connectivity index (χ1) is 12.7. The standard InChI is InChI=1S/C22H25N3O/c1-16(17-9-4-2-5-10-17)25-21-14-8-13-19(23)22(21)20(24-25)15-26-18-11-6-3-7-12-18/h2-7,9-12,16,19H,8,13-15,23H2,1H3. The molecule has 1 heterocycles. The maximum atomic E-state index is 6.46. The van der Waals surface area contributed by atoms with Gasteiger partial charge in [-0.2, -0.15) is 5.10 Å². The molecule has 3 aromatic rings. The molecule has 0 fully saturated rings. The van der Waals surface area contributed by atoms with E-state index in [1.54, 1.807) is 0 Å². The first-order valence-corrected chi connectivity index (χ1v) is 9.32. The zero-order valence-corrected chi connectivity index (χ0v) is 15.1. The van der Waals surface area contributed by atoms with Gasteiger partial charge in [-0.25, -0.2) is 0 Å². The van der Waals surface area contributed by atoms with E-state index in [-0.39, 0.29) is 12.1 Å². The second kappa shape index (κ2) is 7.34. The number of aromatic nitrogens is 2. The van der Waals surface area contributed by atoms with Crippen LogP contribution in [0, 0.1) is 0 Å². The summed E-state index contributed by atoms with van der Waals surface area (Å²) in [6, 6.07) is 20.6. The Balaban J connectivity index is 1.67. The van der Waals surface area contributed by atoms with Crippen molar-refractivity contribution >= 4 is 0 Å². The van der Waals surface area contributed by atoms with Crippen LogP contribution in [0.1, 0.15) is 54.4 Å². The first kappa shape index (κ1) is 16.9. The largest absolute Gasteiger partial charge is 0.487 e. The molecule has 0 aliphatic heterocycles. The van der Waals surface area contributed by atoms with Crippen molar-refractivity contribution in [3.05, 3.63) is 83.2 Å². The Hall–Kier alpha value is -2.59. The summed E-state index contributed by atoms with van der Waals surface area (Å²) in [6.07, 6.45) is 3.15. The number of nitrogens with two attached hydrogens (primary N) is 1. The molecule has 1 aliphatic carbocycles. The van der Waals surface area contributed by atoms with Gasteiger partial charge in [0.15, 0.2) is 0 Å². The number of nitrogens with zero attached hydrogens (tertiary/aromatic N) is 2. The van der Waals surface area contributed by atoms with Crippen LogP contribution in [0.2, 0.25) is 0 Å². The third-order valence-electron chi connectivity index (χ3n) is 5.19. The van der Waals surface area contributed by atoms with Crippen LogP contribution in [0.3, 0.4) is 0 Å². The number of rotatable bonds is 5. The van der Waals surface area contributed by atoms with E-state index in [4.69, 9.17) is 15.6 Å². The maximum Gasteiger partial charge on any atom is 0.132 e. The molecule has 4 rings (SSSR count). The highest BCUT2D eigenvalue weighted by molar-refractivity contribution is 5.34. The fourth-order valence-corrected chi connectivity index (χ4v) is 3.81. The third kappa shape index (κ3) is 3.25. The number of hydrogen-bond donors (Lipinski definition) is 1. The highest BCUT2D eigenvalue weighted by atomic mass is 16.5. The van der Waals surface area contributed by atoms with E-state index in [2.05, 4.69) is 35.9 Å². The molecule has 4 nitrogen and oxygen atoms in total. The predicted molar refractivity (Wildman–Crippen MR) is 103 cm³/mol. The highest BCUT2D eigenvalue weighted by Crippen LogP contribution is 2.34. The van der Waals surface area contributed by atoms with E-state index in [9.17, 15) is 0 Å². The van der Waals surface area contributed by atoms with Gasteiger partial charge in [0.25, 0.3) is 0 Å². The van der Waals surface area contributed by atoms with Gasteiger partial charge in [0.2, 0.25) is 0 Å². The molecule has 4 heteroatoms. The van der Waals surface area contributed by atoms with Gasteiger partial charge in [-0.1, -0.05) is 48.5 Å². The second-order valence-corrected chi connectivity index (χ2v) is 6.94. The van der Waals surface area contributed by atoms with Crippen LogP contribution in [0.4, 0.5) is 0 Å². The summed E-state index contributed by atoms with van der Waals surface area (Å²) in [5.41, 5.74) is 11.1. The van der Waals surface area contributed by atoms with Crippen molar-refractivity contribution < 1.29 is 4.74 Å². The molecule has 2 N–H and O–H groups in total. The smallest absolute Gasteiger partial charge is 0.132 e. The van der Waals surface area contributed by atoms with Gasteiger partial charge in [-0.05, 0) is 43.9 Å². The van der Waals surface area contributed by atoms with Crippen LogP contribution < -0.4 is 10.5 Å². The fourth-order valence-electron chi connectivity index (χ4n) is 3.81. The minimum atomic E-state index is 0.0462. The lowest BCUT2D eigenvalue weighted by molar-refractivity contribution is 0.297. The van der Waals surface area contributed by atoms with E-state index >= 15 is 0 Å². The molecule has 1 aliphatic rings. The van der Waals surface area contributed by atoms with Gasteiger partial charge in [-0.15, -0.1) is 0 Å². The molecular weight excluding hydrogens is 322 g/mol. The van der Waals surface area contributed by atoms with Crippen molar-refractivity contribution in [2.24, 2.45) is 5.73 Å². The number of ether oxygens (including phenoxy) is 1. The molecule has 0 saturated carbocycles. The van der Waals surface area contributed by atoms with Gasteiger partial charge in [-0.3, -0.25) is 4.68 Å². The quantitative estimate of drug-likeness (QED) is 0.744. The van der Waals surface area contributed by atoms with Gasteiger partial charge in [0.05, 0.1) is 6.04 Å². The Bertz CT molecular complexity index is 858. The minimum absolute atomic E-state index is 0.0462. The predicted octanol–water partition coefficient (Wildman–Crippen LogP) is 4.41. The summed E-state index contributed by atoms with van der Waals surface area (Å²) in [7, 11) is 0. The SMILES string of the molecule is CC(c1ccccc1)n1nc(COc2ccccc2)c2c1CCCC2N. The van der Waals surface area contributed by atoms with Crippen LogP contribution in [0.5, 0.6) is 5.75 Å². The summed E-state index contributed by atoms with van der Waals surface area (Å²) in [5, 5.41) is 4.95.